The molecular formula is C9H8F3NO4S. The van der Waals surface area contributed by atoms with E-state index in [0.29, 0.717) is 0 Å². The number of carboxylic acid groups (broad SMARTS) is 1. The van der Waals surface area contributed by atoms with E-state index in [9.17, 15) is 26.4 Å². The van der Waals surface area contributed by atoms with Gasteiger partial charge in [-0.2, -0.15) is 13.2 Å². The van der Waals surface area contributed by atoms with E-state index in [0.717, 1.165) is 6.07 Å². The molecule has 0 aromatic heterocycles. The molecule has 1 aromatic rings. The number of carboxylic acids is 1. The van der Waals surface area contributed by atoms with Crippen LogP contribution in [0.1, 0.15) is 15.9 Å². The number of carbonyl (C=O) groups is 1. The minimum absolute atomic E-state index is 0.114. The van der Waals surface area contributed by atoms with Gasteiger partial charge < -0.3 is 5.11 Å². The minimum atomic E-state index is -5.43. The highest BCUT2D eigenvalue weighted by atomic mass is 32.2. The van der Waals surface area contributed by atoms with Crippen molar-refractivity contribution in [2.24, 2.45) is 0 Å². The van der Waals surface area contributed by atoms with Crippen LogP contribution in [0.25, 0.3) is 0 Å². The Morgan fingerprint density at radius 1 is 1.33 bits per heavy atom. The summed E-state index contributed by atoms with van der Waals surface area (Å²) in [5.74, 6) is -1.25. The molecule has 18 heavy (non-hydrogen) atoms. The molecule has 0 aliphatic heterocycles. The first-order valence-electron chi connectivity index (χ1n) is 4.51. The Balaban J connectivity index is 2.82. The van der Waals surface area contributed by atoms with E-state index in [1.54, 1.807) is 0 Å². The van der Waals surface area contributed by atoms with Gasteiger partial charge in [0.05, 0.1) is 5.56 Å². The summed E-state index contributed by atoms with van der Waals surface area (Å²) in [6.07, 6.45) is 0. The van der Waals surface area contributed by atoms with Gasteiger partial charge in [-0.05, 0) is 17.7 Å². The first kappa shape index (κ1) is 14.5. The maximum atomic E-state index is 12.0. The average molecular weight is 283 g/mol. The van der Waals surface area contributed by atoms with E-state index in [2.05, 4.69) is 0 Å². The van der Waals surface area contributed by atoms with Gasteiger partial charge in [-0.1, -0.05) is 12.1 Å². The lowest BCUT2D eigenvalue weighted by Gasteiger charge is -2.09. The summed E-state index contributed by atoms with van der Waals surface area (Å²) in [5, 5.41) is 8.65. The van der Waals surface area contributed by atoms with Crippen molar-refractivity contribution in [2.75, 3.05) is 0 Å². The van der Waals surface area contributed by atoms with E-state index < -0.39 is 28.0 Å². The Morgan fingerprint density at radius 3 is 2.44 bits per heavy atom. The van der Waals surface area contributed by atoms with Crippen molar-refractivity contribution in [2.45, 2.75) is 12.1 Å². The fraction of sp³-hybridized carbons (Fsp3) is 0.222. The Bertz CT molecular complexity index is 553. The van der Waals surface area contributed by atoms with Crippen LogP contribution in [-0.2, 0) is 16.6 Å². The average Bonchev–Trinajstić information content (AvgIpc) is 2.25. The molecule has 0 saturated heterocycles. The van der Waals surface area contributed by atoms with Gasteiger partial charge in [-0.3, -0.25) is 0 Å². The van der Waals surface area contributed by atoms with Gasteiger partial charge in [-0.25, -0.2) is 17.9 Å². The zero-order valence-corrected chi connectivity index (χ0v) is 9.55. The predicted octanol–water partition coefficient (Wildman–Crippen LogP) is 1.32. The summed E-state index contributed by atoms with van der Waals surface area (Å²) >= 11 is 0. The Hall–Kier alpha value is -1.61. The monoisotopic (exact) mass is 283 g/mol. The molecule has 0 saturated carbocycles. The summed E-state index contributed by atoms with van der Waals surface area (Å²) in [6, 6.07) is 4.94. The normalized spacial score (nSPS) is 12.4. The molecule has 9 heteroatoms. The third kappa shape index (κ3) is 3.44. The maximum Gasteiger partial charge on any atom is 0.511 e. The molecule has 0 fully saturated rings. The van der Waals surface area contributed by atoms with Gasteiger partial charge in [0, 0.05) is 6.54 Å². The first-order valence-corrected chi connectivity index (χ1v) is 6.00. The Labute approximate surface area is 100 Å². The van der Waals surface area contributed by atoms with Crippen molar-refractivity contribution in [3.8, 4) is 0 Å². The number of alkyl halides is 3. The minimum Gasteiger partial charge on any atom is -0.478 e. The van der Waals surface area contributed by atoms with E-state index in [-0.39, 0.29) is 11.1 Å². The number of aromatic carboxylic acids is 1. The second-order valence-electron chi connectivity index (χ2n) is 3.28. The lowest BCUT2D eigenvalue weighted by Crippen LogP contribution is -2.36. The molecule has 0 radical (unpaired) electrons. The lowest BCUT2D eigenvalue weighted by molar-refractivity contribution is -0.0448. The van der Waals surface area contributed by atoms with E-state index in [1.165, 1.54) is 22.9 Å². The molecule has 0 atom stereocenters. The van der Waals surface area contributed by atoms with E-state index in [1.807, 2.05) is 0 Å². The third-order valence-electron chi connectivity index (χ3n) is 1.94. The Morgan fingerprint density at radius 2 is 1.94 bits per heavy atom. The summed E-state index contributed by atoms with van der Waals surface area (Å²) in [7, 11) is -5.43. The van der Waals surface area contributed by atoms with Gasteiger partial charge in [0.2, 0.25) is 0 Å². The molecule has 0 aliphatic carbocycles. The van der Waals surface area contributed by atoms with Crippen molar-refractivity contribution >= 4 is 16.0 Å². The lowest BCUT2D eigenvalue weighted by atomic mass is 10.1. The van der Waals surface area contributed by atoms with Crippen molar-refractivity contribution in [1.82, 2.24) is 4.72 Å². The van der Waals surface area contributed by atoms with Crippen LogP contribution in [0, 0.1) is 0 Å². The summed E-state index contributed by atoms with van der Waals surface area (Å²) in [4.78, 5) is 10.6. The van der Waals surface area contributed by atoms with Crippen LogP contribution in [0.2, 0.25) is 0 Å². The van der Waals surface area contributed by atoms with Gasteiger partial charge in [0.15, 0.2) is 0 Å². The Kier molecular flexibility index (Phi) is 3.97. The molecule has 0 unspecified atom stereocenters. The van der Waals surface area contributed by atoms with Crippen LogP contribution in [0.15, 0.2) is 24.3 Å². The highest BCUT2D eigenvalue weighted by Crippen LogP contribution is 2.21. The number of benzene rings is 1. The van der Waals surface area contributed by atoms with Crippen molar-refractivity contribution in [1.29, 1.82) is 0 Å². The fourth-order valence-corrected chi connectivity index (χ4v) is 1.59. The number of rotatable bonds is 4. The molecule has 0 amide bonds. The number of sulfonamides is 1. The van der Waals surface area contributed by atoms with Gasteiger partial charge >= 0.3 is 21.5 Å². The maximum absolute atomic E-state index is 12.0. The fourth-order valence-electron chi connectivity index (χ4n) is 1.07. The number of hydrogen-bond donors (Lipinski definition) is 2. The summed E-state index contributed by atoms with van der Waals surface area (Å²) in [5.41, 5.74) is -5.42. The molecule has 0 aliphatic rings. The smallest absolute Gasteiger partial charge is 0.478 e. The zero-order valence-electron chi connectivity index (χ0n) is 8.73. The molecule has 0 spiro atoms. The zero-order chi connectivity index (χ0) is 14.0. The topological polar surface area (TPSA) is 83.5 Å². The van der Waals surface area contributed by atoms with Crippen molar-refractivity contribution in [3.63, 3.8) is 0 Å². The third-order valence-corrected chi connectivity index (χ3v) is 3.08. The molecule has 1 rings (SSSR count). The SMILES string of the molecule is O=C(O)c1cccc(CNS(=O)(=O)C(F)(F)F)c1. The standard InChI is InChI=1S/C9H8F3NO4S/c10-9(11,12)18(16,17)13-5-6-2-1-3-7(4-6)8(14)15/h1-4,13H,5H2,(H,14,15). The number of nitrogens with one attached hydrogen (secondary N) is 1. The van der Waals surface area contributed by atoms with Crippen LogP contribution in [0.5, 0.6) is 0 Å². The second-order valence-corrected chi connectivity index (χ2v) is 5.03. The molecule has 2 N–H and O–H groups in total. The van der Waals surface area contributed by atoms with E-state index in [4.69, 9.17) is 5.11 Å². The van der Waals surface area contributed by atoms with Crippen LogP contribution < -0.4 is 4.72 Å². The second kappa shape index (κ2) is 4.94. The molecule has 100 valence electrons. The number of halogens is 3. The number of hydrogen-bond acceptors (Lipinski definition) is 3. The molecule has 0 heterocycles. The highest BCUT2D eigenvalue weighted by molar-refractivity contribution is 7.90. The highest BCUT2D eigenvalue weighted by Gasteiger charge is 2.45. The summed E-state index contributed by atoms with van der Waals surface area (Å²) < 4.78 is 58.7. The first-order chi connectivity index (χ1) is 8.13. The van der Waals surface area contributed by atoms with Crippen molar-refractivity contribution in [3.05, 3.63) is 35.4 Å². The molecular weight excluding hydrogens is 275 g/mol. The molecule has 5 nitrogen and oxygen atoms in total. The van der Waals surface area contributed by atoms with Crippen LogP contribution in [-0.4, -0.2) is 25.0 Å². The van der Waals surface area contributed by atoms with Crippen LogP contribution >= 0.6 is 0 Å². The molecule has 0 bridgehead atoms. The molecule has 1 aromatic carbocycles. The van der Waals surface area contributed by atoms with Crippen molar-refractivity contribution < 1.29 is 31.5 Å². The predicted molar refractivity (Wildman–Crippen MR) is 55.2 cm³/mol. The van der Waals surface area contributed by atoms with E-state index >= 15 is 0 Å². The van der Waals surface area contributed by atoms with Gasteiger partial charge in [-0.15, -0.1) is 0 Å². The van der Waals surface area contributed by atoms with Gasteiger partial charge in [0.1, 0.15) is 0 Å². The van der Waals surface area contributed by atoms with Gasteiger partial charge in [0.25, 0.3) is 0 Å². The summed E-state index contributed by atoms with van der Waals surface area (Å²) in [6.45, 7) is -0.636. The van der Waals surface area contributed by atoms with Crippen LogP contribution in [0.3, 0.4) is 0 Å². The quantitative estimate of drug-likeness (QED) is 0.873. The largest absolute Gasteiger partial charge is 0.511 e. The van der Waals surface area contributed by atoms with Crippen LogP contribution in [0.4, 0.5) is 13.2 Å².